The zero-order valence-corrected chi connectivity index (χ0v) is 11.8. The first kappa shape index (κ1) is 13.2. The highest BCUT2D eigenvalue weighted by atomic mass is 16.1. The van der Waals surface area contributed by atoms with E-state index >= 15 is 0 Å². The maximum atomic E-state index is 12.3. The summed E-state index contributed by atoms with van der Waals surface area (Å²) in [6.07, 6.45) is 6.62. The Morgan fingerprint density at radius 2 is 2.30 bits per heavy atom. The zero-order chi connectivity index (χ0) is 13.9. The summed E-state index contributed by atoms with van der Waals surface area (Å²) in [5.74, 6) is 0. The molecule has 1 atom stereocenters. The number of pyridine rings is 1. The van der Waals surface area contributed by atoms with Crippen molar-refractivity contribution in [1.82, 2.24) is 19.4 Å². The lowest BCUT2D eigenvalue weighted by atomic mass is 10.0. The molecule has 2 aromatic heterocycles. The van der Waals surface area contributed by atoms with Crippen LogP contribution in [-0.4, -0.2) is 39.1 Å². The normalized spacial score (nSPS) is 20.4. The van der Waals surface area contributed by atoms with Gasteiger partial charge in [0.1, 0.15) is 12.0 Å². The van der Waals surface area contributed by atoms with Crippen LogP contribution in [0, 0.1) is 0 Å². The second kappa shape index (κ2) is 5.71. The molecule has 0 radical (unpaired) electrons. The third-order valence-corrected chi connectivity index (χ3v) is 3.98. The topological polar surface area (TPSA) is 51.0 Å². The summed E-state index contributed by atoms with van der Waals surface area (Å²) in [5.41, 5.74) is 0.801. The van der Waals surface area contributed by atoms with Gasteiger partial charge < -0.3 is 4.90 Å². The average Bonchev–Trinajstić information content (AvgIpc) is 2.48. The van der Waals surface area contributed by atoms with Crippen LogP contribution < -0.4 is 5.56 Å². The van der Waals surface area contributed by atoms with Crippen molar-refractivity contribution in [3.8, 4) is 0 Å². The summed E-state index contributed by atoms with van der Waals surface area (Å²) in [4.78, 5) is 23.1. The lowest BCUT2D eigenvalue weighted by Gasteiger charge is -2.33. The molecule has 2 aromatic rings. The fourth-order valence-electron chi connectivity index (χ4n) is 3.11. The number of piperidine rings is 1. The summed E-state index contributed by atoms with van der Waals surface area (Å²) in [7, 11) is 0. The number of likely N-dealkylation sites (tertiary alicyclic amines) is 1. The predicted molar refractivity (Wildman–Crippen MR) is 78.8 cm³/mol. The third kappa shape index (κ3) is 2.45. The minimum Gasteiger partial charge on any atom is -0.301 e. The summed E-state index contributed by atoms with van der Waals surface area (Å²) >= 11 is 0. The first-order valence-electron chi connectivity index (χ1n) is 7.33. The van der Waals surface area contributed by atoms with Crippen LogP contribution in [-0.2, 0) is 0 Å². The molecule has 0 aromatic carbocycles. The minimum absolute atomic E-state index is 0.0412. The van der Waals surface area contributed by atoms with E-state index in [1.165, 1.54) is 6.33 Å². The number of nitrogens with zero attached hydrogens (tertiary/aromatic N) is 4. The van der Waals surface area contributed by atoms with Gasteiger partial charge in [-0.05, 0) is 38.4 Å². The lowest BCUT2D eigenvalue weighted by Crippen LogP contribution is -2.40. The van der Waals surface area contributed by atoms with Crippen LogP contribution in [0.5, 0.6) is 0 Å². The SMILES string of the molecule is CCCN1CCCC(n2c(=O)ccc3cncnc32)C1. The molecular weight excluding hydrogens is 252 g/mol. The molecule has 20 heavy (non-hydrogen) atoms. The van der Waals surface area contributed by atoms with Gasteiger partial charge in [0.25, 0.3) is 5.56 Å². The van der Waals surface area contributed by atoms with Crippen LogP contribution in [0.15, 0.2) is 29.5 Å². The molecule has 0 N–H and O–H groups in total. The number of hydrogen-bond acceptors (Lipinski definition) is 4. The molecular formula is C15H20N4O. The van der Waals surface area contributed by atoms with Crippen molar-refractivity contribution in [2.45, 2.75) is 32.2 Å². The van der Waals surface area contributed by atoms with Crippen molar-refractivity contribution in [3.63, 3.8) is 0 Å². The van der Waals surface area contributed by atoms with E-state index in [1.54, 1.807) is 18.3 Å². The van der Waals surface area contributed by atoms with Gasteiger partial charge in [-0.25, -0.2) is 9.97 Å². The van der Waals surface area contributed by atoms with Gasteiger partial charge in [0, 0.05) is 24.2 Å². The summed E-state index contributed by atoms with van der Waals surface area (Å²) in [6, 6.07) is 3.66. The van der Waals surface area contributed by atoms with Crippen LogP contribution in [0.3, 0.4) is 0 Å². The minimum atomic E-state index is 0.0412. The van der Waals surface area contributed by atoms with Gasteiger partial charge in [0.15, 0.2) is 0 Å². The Morgan fingerprint density at radius 1 is 1.40 bits per heavy atom. The lowest BCUT2D eigenvalue weighted by molar-refractivity contribution is 0.177. The first-order valence-corrected chi connectivity index (χ1v) is 7.33. The number of rotatable bonds is 3. The fraction of sp³-hybridized carbons (Fsp3) is 0.533. The van der Waals surface area contributed by atoms with Crippen LogP contribution >= 0.6 is 0 Å². The van der Waals surface area contributed by atoms with Crippen LogP contribution in [0.1, 0.15) is 32.2 Å². The van der Waals surface area contributed by atoms with E-state index in [0.717, 1.165) is 49.9 Å². The van der Waals surface area contributed by atoms with Crippen molar-refractivity contribution in [2.75, 3.05) is 19.6 Å². The van der Waals surface area contributed by atoms with Crippen molar-refractivity contribution >= 4 is 11.0 Å². The van der Waals surface area contributed by atoms with E-state index in [2.05, 4.69) is 21.8 Å². The highest BCUT2D eigenvalue weighted by Crippen LogP contribution is 2.22. The molecule has 106 valence electrons. The van der Waals surface area contributed by atoms with Gasteiger partial charge in [-0.15, -0.1) is 0 Å². The highest BCUT2D eigenvalue weighted by Gasteiger charge is 2.23. The Kier molecular flexibility index (Phi) is 3.78. The maximum absolute atomic E-state index is 12.3. The maximum Gasteiger partial charge on any atom is 0.252 e. The predicted octanol–water partition coefficient (Wildman–Crippen LogP) is 1.84. The molecule has 3 rings (SSSR count). The molecule has 0 saturated carbocycles. The van der Waals surface area contributed by atoms with Gasteiger partial charge in [-0.2, -0.15) is 0 Å². The smallest absolute Gasteiger partial charge is 0.252 e. The first-order chi connectivity index (χ1) is 9.79. The van der Waals surface area contributed by atoms with Gasteiger partial charge >= 0.3 is 0 Å². The molecule has 0 spiro atoms. The van der Waals surface area contributed by atoms with Crippen molar-refractivity contribution in [2.24, 2.45) is 0 Å². The van der Waals surface area contributed by atoms with Crippen LogP contribution in [0.25, 0.3) is 11.0 Å². The number of fused-ring (bicyclic) bond motifs is 1. The third-order valence-electron chi connectivity index (χ3n) is 3.98. The van der Waals surface area contributed by atoms with Crippen LogP contribution in [0.2, 0.25) is 0 Å². The molecule has 1 saturated heterocycles. The Labute approximate surface area is 118 Å². The highest BCUT2D eigenvalue weighted by molar-refractivity contribution is 5.73. The number of aromatic nitrogens is 3. The van der Waals surface area contributed by atoms with Crippen LogP contribution in [0.4, 0.5) is 0 Å². The molecule has 1 fully saturated rings. The van der Waals surface area contributed by atoms with Crippen molar-refractivity contribution in [3.05, 3.63) is 35.0 Å². The Bertz CT molecular complexity index is 650. The molecule has 1 aliphatic rings. The van der Waals surface area contributed by atoms with Crippen molar-refractivity contribution < 1.29 is 0 Å². The summed E-state index contributed by atoms with van der Waals surface area (Å²) in [5, 5.41) is 0.930. The average molecular weight is 272 g/mol. The van der Waals surface area contributed by atoms with E-state index in [4.69, 9.17) is 0 Å². The van der Waals surface area contributed by atoms with E-state index in [-0.39, 0.29) is 11.6 Å². The van der Waals surface area contributed by atoms with E-state index < -0.39 is 0 Å². The Balaban J connectivity index is 2.00. The molecule has 1 aliphatic heterocycles. The quantitative estimate of drug-likeness (QED) is 0.855. The zero-order valence-electron chi connectivity index (χ0n) is 11.8. The molecule has 5 nitrogen and oxygen atoms in total. The Hall–Kier alpha value is -1.75. The monoisotopic (exact) mass is 272 g/mol. The van der Waals surface area contributed by atoms with Gasteiger partial charge in [-0.1, -0.05) is 6.92 Å². The molecule has 0 bridgehead atoms. The standard InChI is InChI=1S/C15H20N4O/c1-2-7-18-8-3-4-13(10-18)19-14(20)6-5-12-9-16-11-17-15(12)19/h5-6,9,11,13H,2-4,7-8,10H2,1H3. The summed E-state index contributed by atoms with van der Waals surface area (Å²) < 4.78 is 1.86. The largest absolute Gasteiger partial charge is 0.301 e. The second-order valence-corrected chi connectivity index (χ2v) is 5.44. The van der Waals surface area contributed by atoms with Gasteiger partial charge in [-0.3, -0.25) is 9.36 Å². The van der Waals surface area contributed by atoms with E-state index in [1.807, 2.05) is 4.57 Å². The van der Waals surface area contributed by atoms with E-state index in [9.17, 15) is 4.79 Å². The van der Waals surface area contributed by atoms with Gasteiger partial charge in [0.05, 0.1) is 6.04 Å². The summed E-state index contributed by atoms with van der Waals surface area (Å²) in [6.45, 7) is 5.38. The second-order valence-electron chi connectivity index (χ2n) is 5.44. The van der Waals surface area contributed by atoms with Crippen molar-refractivity contribution in [1.29, 1.82) is 0 Å². The molecule has 3 heterocycles. The fourth-order valence-corrected chi connectivity index (χ4v) is 3.11. The molecule has 1 unspecified atom stereocenters. The van der Waals surface area contributed by atoms with Gasteiger partial charge in [0.2, 0.25) is 0 Å². The Morgan fingerprint density at radius 3 is 3.15 bits per heavy atom. The number of hydrogen-bond donors (Lipinski definition) is 0. The molecule has 0 aliphatic carbocycles. The molecule has 5 heteroatoms. The van der Waals surface area contributed by atoms with E-state index in [0.29, 0.717) is 0 Å². The molecule has 0 amide bonds.